The summed E-state index contributed by atoms with van der Waals surface area (Å²) in [6.07, 6.45) is 3.39. The predicted octanol–water partition coefficient (Wildman–Crippen LogP) is 3.14. The molecule has 0 saturated heterocycles. The summed E-state index contributed by atoms with van der Waals surface area (Å²) in [4.78, 5) is 10.7. The van der Waals surface area contributed by atoms with E-state index in [1.165, 1.54) is 18.4 Å². The Morgan fingerprint density at radius 3 is 2.75 bits per heavy atom. The van der Waals surface area contributed by atoms with Crippen LogP contribution in [0.3, 0.4) is 0 Å². The summed E-state index contributed by atoms with van der Waals surface area (Å²) in [6.45, 7) is 0. The molecule has 0 bridgehead atoms. The minimum atomic E-state index is 0.626. The SMILES string of the molecule is O=Cc1cccc(Br)c1C1CC1. The molecule has 1 fully saturated rings. The molecule has 1 aliphatic carbocycles. The van der Waals surface area contributed by atoms with Crippen molar-refractivity contribution in [3.05, 3.63) is 33.8 Å². The largest absolute Gasteiger partial charge is 0.298 e. The standard InChI is InChI=1S/C10H9BrO/c11-9-3-1-2-8(6-12)10(9)7-4-5-7/h1-3,6-7H,4-5H2. The Hall–Kier alpha value is -0.630. The van der Waals surface area contributed by atoms with Crippen molar-refractivity contribution in [1.82, 2.24) is 0 Å². The van der Waals surface area contributed by atoms with Gasteiger partial charge in [-0.25, -0.2) is 0 Å². The average molecular weight is 225 g/mol. The highest BCUT2D eigenvalue weighted by molar-refractivity contribution is 9.10. The minimum Gasteiger partial charge on any atom is -0.298 e. The maximum absolute atomic E-state index is 10.7. The third kappa shape index (κ3) is 1.31. The van der Waals surface area contributed by atoms with Gasteiger partial charge in [-0.3, -0.25) is 4.79 Å². The van der Waals surface area contributed by atoms with E-state index in [4.69, 9.17) is 0 Å². The highest BCUT2D eigenvalue weighted by Gasteiger charge is 2.27. The normalized spacial score (nSPS) is 16.1. The van der Waals surface area contributed by atoms with Gasteiger partial charge < -0.3 is 0 Å². The summed E-state index contributed by atoms with van der Waals surface area (Å²) < 4.78 is 1.08. The number of carbonyl (C=O) groups is 1. The maximum Gasteiger partial charge on any atom is 0.150 e. The first-order valence-corrected chi connectivity index (χ1v) is 4.86. The van der Waals surface area contributed by atoms with Gasteiger partial charge in [0.25, 0.3) is 0 Å². The zero-order valence-electron chi connectivity index (χ0n) is 6.59. The van der Waals surface area contributed by atoms with Crippen LogP contribution < -0.4 is 0 Å². The van der Waals surface area contributed by atoms with Crippen molar-refractivity contribution in [3.63, 3.8) is 0 Å². The van der Waals surface area contributed by atoms with Gasteiger partial charge in [0.1, 0.15) is 6.29 Å². The van der Waals surface area contributed by atoms with Crippen molar-refractivity contribution < 1.29 is 4.79 Å². The fraction of sp³-hybridized carbons (Fsp3) is 0.300. The van der Waals surface area contributed by atoms with E-state index < -0.39 is 0 Å². The van der Waals surface area contributed by atoms with Crippen LogP contribution in [-0.4, -0.2) is 6.29 Å². The Balaban J connectivity index is 2.52. The number of aldehydes is 1. The molecule has 1 aromatic rings. The summed E-state index contributed by atoms with van der Waals surface area (Å²) in [5.74, 6) is 0.626. The Morgan fingerprint density at radius 2 is 2.17 bits per heavy atom. The van der Waals surface area contributed by atoms with E-state index in [2.05, 4.69) is 15.9 Å². The molecule has 0 aliphatic heterocycles. The van der Waals surface area contributed by atoms with E-state index in [1.807, 2.05) is 18.2 Å². The lowest BCUT2D eigenvalue weighted by Crippen LogP contribution is -1.90. The topological polar surface area (TPSA) is 17.1 Å². The van der Waals surface area contributed by atoms with Crippen molar-refractivity contribution in [1.29, 1.82) is 0 Å². The van der Waals surface area contributed by atoms with Crippen molar-refractivity contribution in [3.8, 4) is 0 Å². The molecular weight excluding hydrogens is 216 g/mol. The Bertz CT molecular complexity index is 316. The summed E-state index contributed by atoms with van der Waals surface area (Å²) in [7, 11) is 0. The highest BCUT2D eigenvalue weighted by Crippen LogP contribution is 2.44. The third-order valence-electron chi connectivity index (χ3n) is 2.20. The van der Waals surface area contributed by atoms with Crippen LogP contribution in [0, 0.1) is 0 Å². The number of hydrogen-bond donors (Lipinski definition) is 0. The van der Waals surface area contributed by atoms with Crippen molar-refractivity contribution in [2.45, 2.75) is 18.8 Å². The molecule has 1 saturated carbocycles. The number of hydrogen-bond acceptors (Lipinski definition) is 1. The van der Waals surface area contributed by atoms with Gasteiger partial charge in [0, 0.05) is 10.0 Å². The summed E-state index contributed by atoms with van der Waals surface area (Å²) >= 11 is 3.47. The fourth-order valence-electron chi connectivity index (χ4n) is 1.46. The summed E-state index contributed by atoms with van der Waals surface area (Å²) in [5.41, 5.74) is 2.04. The average Bonchev–Trinajstić information content (AvgIpc) is 2.87. The Labute approximate surface area is 79.9 Å². The van der Waals surface area contributed by atoms with Crippen LogP contribution in [0.5, 0.6) is 0 Å². The first-order chi connectivity index (χ1) is 5.83. The fourth-order valence-corrected chi connectivity index (χ4v) is 2.16. The molecule has 1 nitrogen and oxygen atoms in total. The van der Waals surface area contributed by atoms with Crippen molar-refractivity contribution in [2.75, 3.05) is 0 Å². The van der Waals surface area contributed by atoms with Gasteiger partial charge in [-0.2, -0.15) is 0 Å². The number of rotatable bonds is 2. The Kier molecular flexibility index (Phi) is 2.01. The van der Waals surface area contributed by atoms with Crippen LogP contribution in [0.25, 0.3) is 0 Å². The summed E-state index contributed by atoms with van der Waals surface area (Å²) in [5, 5.41) is 0. The molecule has 2 heteroatoms. The quantitative estimate of drug-likeness (QED) is 0.706. The maximum atomic E-state index is 10.7. The lowest BCUT2D eigenvalue weighted by atomic mass is 10.0. The number of halogens is 1. The lowest BCUT2D eigenvalue weighted by molar-refractivity contribution is 0.112. The van der Waals surface area contributed by atoms with Gasteiger partial charge in [-0.15, -0.1) is 0 Å². The van der Waals surface area contributed by atoms with Gasteiger partial charge in [0.05, 0.1) is 0 Å². The van der Waals surface area contributed by atoms with E-state index in [0.29, 0.717) is 5.92 Å². The van der Waals surface area contributed by atoms with Gasteiger partial charge in [0.15, 0.2) is 0 Å². The molecular formula is C10H9BrO. The zero-order chi connectivity index (χ0) is 8.55. The first kappa shape index (κ1) is 7.99. The van der Waals surface area contributed by atoms with Crippen LogP contribution in [0.4, 0.5) is 0 Å². The van der Waals surface area contributed by atoms with E-state index in [-0.39, 0.29) is 0 Å². The molecule has 0 heterocycles. The Morgan fingerprint density at radius 1 is 1.42 bits per heavy atom. The van der Waals surface area contributed by atoms with Crippen LogP contribution >= 0.6 is 15.9 Å². The highest BCUT2D eigenvalue weighted by atomic mass is 79.9. The van der Waals surface area contributed by atoms with E-state index in [0.717, 1.165) is 16.3 Å². The van der Waals surface area contributed by atoms with Gasteiger partial charge in [-0.1, -0.05) is 28.1 Å². The third-order valence-corrected chi connectivity index (χ3v) is 2.89. The molecule has 0 amide bonds. The molecule has 2 rings (SSSR count). The van der Waals surface area contributed by atoms with Crippen LogP contribution in [0.1, 0.15) is 34.7 Å². The molecule has 62 valence electrons. The van der Waals surface area contributed by atoms with Crippen molar-refractivity contribution >= 4 is 22.2 Å². The van der Waals surface area contributed by atoms with Crippen LogP contribution in [0.15, 0.2) is 22.7 Å². The van der Waals surface area contributed by atoms with Crippen LogP contribution in [-0.2, 0) is 0 Å². The van der Waals surface area contributed by atoms with Crippen molar-refractivity contribution in [2.24, 2.45) is 0 Å². The van der Waals surface area contributed by atoms with E-state index >= 15 is 0 Å². The minimum absolute atomic E-state index is 0.626. The second-order valence-electron chi connectivity index (χ2n) is 3.13. The molecule has 0 unspecified atom stereocenters. The first-order valence-electron chi connectivity index (χ1n) is 4.06. The summed E-state index contributed by atoms with van der Waals surface area (Å²) in [6, 6.07) is 5.78. The molecule has 1 aliphatic rings. The molecule has 12 heavy (non-hydrogen) atoms. The lowest BCUT2D eigenvalue weighted by Gasteiger charge is -2.04. The number of carbonyl (C=O) groups excluding carboxylic acids is 1. The predicted molar refractivity (Wildman–Crippen MR) is 51.5 cm³/mol. The molecule has 0 aromatic heterocycles. The van der Waals surface area contributed by atoms with Gasteiger partial charge >= 0.3 is 0 Å². The second kappa shape index (κ2) is 3.02. The van der Waals surface area contributed by atoms with E-state index in [1.54, 1.807) is 0 Å². The molecule has 0 N–H and O–H groups in total. The number of benzene rings is 1. The monoisotopic (exact) mass is 224 g/mol. The van der Waals surface area contributed by atoms with Crippen LogP contribution in [0.2, 0.25) is 0 Å². The smallest absolute Gasteiger partial charge is 0.150 e. The molecule has 0 spiro atoms. The second-order valence-corrected chi connectivity index (χ2v) is 3.99. The van der Waals surface area contributed by atoms with Gasteiger partial charge in [-0.05, 0) is 30.4 Å². The molecule has 0 radical (unpaired) electrons. The zero-order valence-corrected chi connectivity index (χ0v) is 8.17. The van der Waals surface area contributed by atoms with E-state index in [9.17, 15) is 4.79 Å². The molecule has 0 atom stereocenters. The van der Waals surface area contributed by atoms with Gasteiger partial charge in [0.2, 0.25) is 0 Å². The molecule has 1 aromatic carbocycles.